The van der Waals surface area contributed by atoms with Gasteiger partial charge >= 0.3 is 0 Å². The predicted molar refractivity (Wildman–Crippen MR) is 65.0 cm³/mol. The lowest BCUT2D eigenvalue weighted by Crippen LogP contribution is -2.45. The van der Waals surface area contributed by atoms with Crippen molar-refractivity contribution in [3.05, 3.63) is 18.1 Å². The van der Waals surface area contributed by atoms with Gasteiger partial charge in [-0.2, -0.15) is 0 Å². The number of carbonyl (C=O) groups is 2. The smallest absolute Gasteiger partial charge is 0.230 e. The average Bonchev–Trinajstić information content (AvgIpc) is 2.24. The summed E-state index contributed by atoms with van der Waals surface area (Å²) in [6.45, 7) is 4.01. The maximum absolute atomic E-state index is 11.9. The molecule has 2 amide bonds. The third-order valence-electron chi connectivity index (χ3n) is 2.91. The second-order valence-electron chi connectivity index (χ2n) is 5.32. The van der Waals surface area contributed by atoms with E-state index in [4.69, 9.17) is 5.73 Å². The Bertz CT molecular complexity index is 461. The van der Waals surface area contributed by atoms with E-state index in [2.05, 4.69) is 9.97 Å². The summed E-state index contributed by atoms with van der Waals surface area (Å²) in [6, 6.07) is 0. The van der Waals surface area contributed by atoms with Crippen molar-refractivity contribution in [2.24, 2.45) is 5.41 Å². The zero-order valence-electron chi connectivity index (χ0n) is 10.5. The topological polar surface area (TPSA) is 89.2 Å². The summed E-state index contributed by atoms with van der Waals surface area (Å²) >= 11 is 0. The number of piperidine rings is 1. The highest BCUT2D eigenvalue weighted by Crippen LogP contribution is 2.31. The van der Waals surface area contributed by atoms with Gasteiger partial charge in [0.1, 0.15) is 5.82 Å². The van der Waals surface area contributed by atoms with E-state index < -0.39 is 0 Å². The molecule has 1 fully saturated rings. The zero-order chi connectivity index (χ0) is 13.3. The van der Waals surface area contributed by atoms with Gasteiger partial charge in [0.2, 0.25) is 11.8 Å². The second kappa shape index (κ2) is 4.36. The number of anilines is 1. The normalized spacial score (nSPS) is 19.1. The SMILES string of the molecule is CC1(C)CC(=O)N(Cc2cnc(N)cn2)C(=O)C1. The van der Waals surface area contributed by atoms with Crippen molar-refractivity contribution in [3.8, 4) is 0 Å². The van der Waals surface area contributed by atoms with Crippen LogP contribution in [0.15, 0.2) is 12.4 Å². The van der Waals surface area contributed by atoms with Gasteiger partial charge in [-0.25, -0.2) is 4.98 Å². The van der Waals surface area contributed by atoms with Crippen molar-refractivity contribution in [1.29, 1.82) is 0 Å². The molecule has 96 valence electrons. The largest absolute Gasteiger partial charge is 0.382 e. The number of aromatic nitrogens is 2. The Morgan fingerprint density at radius 2 is 1.83 bits per heavy atom. The molecule has 2 heterocycles. The first-order valence-electron chi connectivity index (χ1n) is 5.77. The summed E-state index contributed by atoms with van der Waals surface area (Å²) in [5, 5.41) is 0. The molecule has 0 radical (unpaired) electrons. The van der Waals surface area contributed by atoms with Crippen LogP contribution in [0.4, 0.5) is 5.82 Å². The molecule has 2 N–H and O–H groups in total. The molecule has 18 heavy (non-hydrogen) atoms. The Hall–Kier alpha value is -1.98. The van der Waals surface area contributed by atoms with E-state index in [0.717, 1.165) is 0 Å². The first-order valence-corrected chi connectivity index (χ1v) is 5.77. The number of rotatable bonds is 2. The van der Waals surface area contributed by atoms with E-state index in [1.165, 1.54) is 17.3 Å². The average molecular weight is 248 g/mol. The minimum Gasteiger partial charge on any atom is -0.382 e. The van der Waals surface area contributed by atoms with Crippen molar-refractivity contribution in [1.82, 2.24) is 14.9 Å². The first kappa shape index (κ1) is 12.5. The molecule has 0 unspecified atom stereocenters. The molecule has 1 aromatic heterocycles. The predicted octanol–water partition coefficient (Wildman–Crippen LogP) is 0.734. The molecule has 0 aliphatic carbocycles. The molecular weight excluding hydrogens is 232 g/mol. The molecule has 0 aromatic carbocycles. The monoisotopic (exact) mass is 248 g/mol. The molecule has 1 aromatic rings. The first-order chi connectivity index (χ1) is 8.37. The van der Waals surface area contributed by atoms with Gasteiger partial charge in [-0.1, -0.05) is 13.8 Å². The Morgan fingerprint density at radius 1 is 1.22 bits per heavy atom. The molecule has 1 aliphatic rings. The fourth-order valence-corrected chi connectivity index (χ4v) is 2.00. The van der Waals surface area contributed by atoms with Gasteiger partial charge in [0.05, 0.1) is 24.6 Å². The lowest BCUT2D eigenvalue weighted by atomic mass is 9.82. The van der Waals surface area contributed by atoms with E-state index in [1.54, 1.807) is 0 Å². The molecule has 0 saturated carbocycles. The van der Waals surface area contributed by atoms with Gasteiger partial charge in [-0.3, -0.25) is 19.5 Å². The van der Waals surface area contributed by atoms with E-state index in [0.29, 0.717) is 24.4 Å². The fourth-order valence-electron chi connectivity index (χ4n) is 2.00. The quantitative estimate of drug-likeness (QED) is 0.779. The molecule has 1 aliphatic heterocycles. The number of nitrogen functional groups attached to an aromatic ring is 1. The standard InChI is InChI=1S/C12H16N4O2/c1-12(2)3-10(17)16(11(18)4-12)7-8-5-15-9(13)6-14-8/h5-6H,3-4,7H2,1-2H3,(H2,13,15). The second-order valence-corrected chi connectivity index (χ2v) is 5.32. The van der Waals surface area contributed by atoms with Gasteiger partial charge in [0.25, 0.3) is 0 Å². The van der Waals surface area contributed by atoms with E-state index in [9.17, 15) is 9.59 Å². The molecule has 0 spiro atoms. The summed E-state index contributed by atoms with van der Waals surface area (Å²) < 4.78 is 0. The van der Waals surface area contributed by atoms with E-state index in [1.807, 2.05) is 13.8 Å². The molecular formula is C12H16N4O2. The summed E-state index contributed by atoms with van der Waals surface area (Å²) in [6.07, 6.45) is 3.65. The highest BCUT2D eigenvalue weighted by Gasteiger charge is 2.37. The van der Waals surface area contributed by atoms with Gasteiger partial charge in [0.15, 0.2) is 0 Å². The van der Waals surface area contributed by atoms with Crippen LogP contribution >= 0.6 is 0 Å². The summed E-state index contributed by atoms with van der Waals surface area (Å²) in [5.74, 6) is 0.000862. The Labute approximate surface area is 105 Å². The van der Waals surface area contributed by atoms with Gasteiger partial charge in [-0.05, 0) is 5.41 Å². The molecule has 6 heteroatoms. The summed E-state index contributed by atoms with van der Waals surface area (Å²) in [5.41, 5.74) is 5.74. The number of likely N-dealkylation sites (tertiary alicyclic amines) is 1. The fraction of sp³-hybridized carbons (Fsp3) is 0.500. The Morgan fingerprint density at radius 3 is 2.33 bits per heavy atom. The zero-order valence-corrected chi connectivity index (χ0v) is 10.5. The van der Waals surface area contributed by atoms with Gasteiger partial charge in [-0.15, -0.1) is 0 Å². The van der Waals surface area contributed by atoms with Crippen molar-refractivity contribution < 1.29 is 9.59 Å². The van der Waals surface area contributed by atoms with Crippen LogP contribution < -0.4 is 5.73 Å². The minimum atomic E-state index is -0.253. The van der Waals surface area contributed by atoms with Crippen LogP contribution in [0.2, 0.25) is 0 Å². The number of amides is 2. The maximum atomic E-state index is 11.9. The third kappa shape index (κ3) is 2.64. The maximum Gasteiger partial charge on any atom is 0.230 e. The van der Waals surface area contributed by atoms with Crippen molar-refractivity contribution in [3.63, 3.8) is 0 Å². The van der Waals surface area contributed by atoms with Crippen LogP contribution in [0, 0.1) is 5.41 Å². The van der Waals surface area contributed by atoms with Gasteiger partial charge < -0.3 is 5.73 Å². The summed E-state index contributed by atoms with van der Waals surface area (Å²) in [4.78, 5) is 33.0. The van der Waals surface area contributed by atoms with Crippen LogP contribution in [0.5, 0.6) is 0 Å². The number of nitrogens with two attached hydrogens (primary N) is 1. The Balaban J connectivity index is 2.12. The van der Waals surface area contributed by atoms with Crippen LogP contribution in [0.25, 0.3) is 0 Å². The van der Waals surface area contributed by atoms with Crippen LogP contribution in [0.1, 0.15) is 32.4 Å². The lowest BCUT2D eigenvalue weighted by molar-refractivity contribution is -0.153. The molecule has 6 nitrogen and oxygen atoms in total. The van der Waals surface area contributed by atoms with Crippen molar-refractivity contribution in [2.45, 2.75) is 33.2 Å². The number of nitrogens with zero attached hydrogens (tertiary/aromatic N) is 3. The number of imide groups is 1. The third-order valence-corrected chi connectivity index (χ3v) is 2.91. The van der Waals surface area contributed by atoms with Crippen molar-refractivity contribution in [2.75, 3.05) is 5.73 Å². The summed E-state index contributed by atoms with van der Waals surface area (Å²) in [7, 11) is 0. The highest BCUT2D eigenvalue weighted by molar-refractivity contribution is 5.98. The van der Waals surface area contributed by atoms with Crippen LogP contribution in [0.3, 0.4) is 0 Å². The molecule has 0 atom stereocenters. The van der Waals surface area contributed by atoms with Crippen LogP contribution in [-0.4, -0.2) is 26.7 Å². The number of hydrogen-bond donors (Lipinski definition) is 1. The van der Waals surface area contributed by atoms with Crippen molar-refractivity contribution >= 4 is 17.6 Å². The minimum absolute atomic E-state index is 0.158. The molecule has 0 bridgehead atoms. The highest BCUT2D eigenvalue weighted by atomic mass is 16.2. The number of hydrogen-bond acceptors (Lipinski definition) is 5. The van der Waals surface area contributed by atoms with Gasteiger partial charge in [0, 0.05) is 12.8 Å². The number of carbonyl (C=O) groups excluding carboxylic acids is 2. The Kier molecular flexibility index (Phi) is 3.02. The molecule has 1 saturated heterocycles. The van der Waals surface area contributed by atoms with E-state index in [-0.39, 0.29) is 23.8 Å². The molecule has 2 rings (SSSR count). The van der Waals surface area contributed by atoms with Crippen LogP contribution in [-0.2, 0) is 16.1 Å². The van der Waals surface area contributed by atoms with E-state index >= 15 is 0 Å². The lowest BCUT2D eigenvalue weighted by Gasteiger charge is -2.34.